The van der Waals surface area contributed by atoms with Gasteiger partial charge in [-0.15, -0.1) is 22.7 Å². The van der Waals surface area contributed by atoms with Crippen molar-refractivity contribution in [1.82, 2.24) is 0 Å². The van der Waals surface area contributed by atoms with Crippen molar-refractivity contribution in [1.29, 1.82) is 5.26 Å². The number of carbonyl (C=O) groups is 1. The maximum atomic E-state index is 11.0. The third kappa shape index (κ3) is 1.26. The molecule has 0 aromatic carbocycles. The zero-order chi connectivity index (χ0) is 9.42. The van der Waals surface area contributed by atoms with Gasteiger partial charge in [-0.3, -0.25) is 4.79 Å². The largest absolute Gasteiger partial charge is 0.294 e. The molecule has 0 N–H and O–H groups in total. The van der Waals surface area contributed by atoms with Crippen LogP contribution in [0, 0.1) is 11.3 Å². The van der Waals surface area contributed by atoms with E-state index in [-0.39, 0.29) is 5.78 Å². The molecule has 0 fully saturated rings. The van der Waals surface area contributed by atoms with Gasteiger partial charge in [0.05, 0.1) is 14.5 Å². The van der Waals surface area contributed by atoms with E-state index < -0.39 is 0 Å². The van der Waals surface area contributed by atoms with E-state index in [0.717, 1.165) is 14.3 Å². The molecule has 0 bridgehead atoms. The first kappa shape index (κ1) is 8.42. The van der Waals surface area contributed by atoms with Gasteiger partial charge in [-0.25, -0.2) is 0 Å². The summed E-state index contributed by atoms with van der Waals surface area (Å²) < 4.78 is 1.06. The Bertz CT molecular complexity index is 515. The molecule has 2 rings (SSSR count). The van der Waals surface area contributed by atoms with Crippen molar-refractivity contribution in [3.05, 3.63) is 21.9 Å². The van der Waals surface area contributed by atoms with Crippen LogP contribution in [-0.4, -0.2) is 5.78 Å². The summed E-state index contributed by atoms with van der Waals surface area (Å²) in [6.07, 6.45) is 0. The molecule has 0 aliphatic heterocycles. The molecule has 0 saturated heterocycles. The Morgan fingerprint density at radius 2 is 2.38 bits per heavy atom. The van der Waals surface area contributed by atoms with Crippen LogP contribution in [0.15, 0.2) is 11.4 Å². The molecule has 2 nitrogen and oxygen atoms in total. The van der Waals surface area contributed by atoms with E-state index in [1.165, 1.54) is 22.7 Å². The minimum atomic E-state index is 0.0669. The lowest BCUT2D eigenvalue weighted by molar-refractivity contribution is 0.102. The predicted octanol–water partition coefficient (Wildman–Crippen LogP) is 3.04. The first-order valence-corrected chi connectivity index (χ1v) is 5.34. The molecule has 2 heterocycles. The predicted molar refractivity (Wildman–Crippen MR) is 54.4 cm³/mol. The maximum Gasteiger partial charge on any atom is 0.169 e. The quantitative estimate of drug-likeness (QED) is 0.674. The van der Waals surface area contributed by atoms with Gasteiger partial charge in [0.25, 0.3) is 0 Å². The highest BCUT2D eigenvalue weighted by Crippen LogP contribution is 2.33. The van der Waals surface area contributed by atoms with Crippen molar-refractivity contribution in [3.8, 4) is 6.07 Å². The zero-order valence-electron chi connectivity index (χ0n) is 6.83. The van der Waals surface area contributed by atoms with Crippen LogP contribution in [0.1, 0.15) is 22.2 Å². The summed E-state index contributed by atoms with van der Waals surface area (Å²) in [5.74, 6) is 0.0669. The van der Waals surface area contributed by atoms with Crippen molar-refractivity contribution >= 4 is 37.9 Å². The fourth-order valence-electron chi connectivity index (χ4n) is 1.09. The first-order chi connectivity index (χ1) is 6.22. The van der Waals surface area contributed by atoms with Gasteiger partial charge in [-0.1, -0.05) is 0 Å². The molecule has 0 unspecified atom stereocenters. The fourth-order valence-corrected chi connectivity index (χ4v) is 3.19. The number of hydrogen-bond acceptors (Lipinski definition) is 4. The molecule has 0 atom stereocenters. The van der Waals surface area contributed by atoms with Crippen molar-refractivity contribution in [2.75, 3.05) is 0 Å². The van der Waals surface area contributed by atoms with Crippen LogP contribution < -0.4 is 0 Å². The van der Waals surface area contributed by atoms with Gasteiger partial charge in [-0.05, 0) is 13.0 Å². The number of carbonyl (C=O) groups excluding carboxylic acids is 1. The monoisotopic (exact) mass is 207 g/mol. The second-order valence-electron chi connectivity index (χ2n) is 2.63. The maximum absolute atomic E-state index is 11.0. The SMILES string of the molecule is CC(=O)c1cc2c(C#N)csc2s1. The average molecular weight is 207 g/mol. The number of thiophene rings is 2. The Hall–Kier alpha value is -1.18. The smallest absolute Gasteiger partial charge is 0.169 e. The van der Waals surface area contributed by atoms with Crippen LogP contribution in [-0.2, 0) is 0 Å². The summed E-state index contributed by atoms with van der Waals surface area (Å²) in [7, 11) is 0. The van der Waals surface area contributed by atoms with E-state index in [9.17, 15) is 4.79 Å². The molecule has 13 heavy (non-hydrogen) atoms. The van der Waals surface area contributed by atoms with Gasteiger partial charge >= 0.3 is 0 Å². The van der Waals surface area contributed by atoms with Crippen molar-refractivity contribution in [2.45, 2.75) is 6.92 Å². The Morgan fingerprint density at radius 3 is 3.00 bits per heavy atom. The van der Waals surface area contributed by atoms with E-state index in [4.69, 9.17) is 5.26 Å². The lowest BCUT2D eigenvalue weighted by Gasteiger charge is -1.81. The lowest BCUT2D eigenvalue weighted by atomic mass is 10.2. The second kappa shape index (κ2) is 2.95. The molecule has 0 aliphatic carbocycles. The zero-order valence-corrected chi connectivity index (χ0v) is 8.46. The van der Waals surface area contributed by atoms with E-state index in [0.29, 0.717) is 5.56 Å². The number of rotatable bonds is 1. The van der Waals surface area contributed by atoms with Crippen LogP contribution in [0.3, 0.4) is 0 Å². The molecule has 0 spiro atoms. The minimum absolute atomic E-state index is 0.0669. The van der Waals surface area contributed by atoms with Gasteiger partial charge < -0.3 is 0 Å². The second-order valence-corrected chi connectivity index (χ2v) is 4.82. The summed E-state index contributed by atoms with van der Waals surface area (Å²) >= 11 is 2.98. The summed E-state index contributed by atoms with van der Waals surface area (Å²) in [6.45, 7) is 1.54. The van der Waals surface area contributed by atoms with E-state index >= 15 is 0 Å². The fraction of sp³-hybridized carbons (Fsp3) is 0.111. The van der Waals surface area contributed by atoms with Crippen LogP contribution in [0.25, 0.3) is 9.40 Å². The molecular formula is C9H5NOS2. The van der Waals surface area contributed by atoms with Crippen molar-refractivity contribution in [3.63, 3.8) is 0 Å². The molecule has 4 heteroatoms. The third-order valence-corrected chi connectivity index (χ3v) is 4.10. The number of Topliss-reactive ketones (excluding diaryl/α,β-unsaturated/α-hetero) is 1. The summed E-state index contributed by atoms with van der Waals surface area (Å²) in [4.78, 5) is 11.8. The van der Waals surface area contributed by atoms with Crippen LogP contribution >= 0.6 is 22.7 Å². The Labute approximate surface area is 83.0 Å². The highest BCUT2D eigenvalue weighted by atomic mass is 32.2. The van der Waals surface area contributed by atoms with Crippen LogP contribution in [0.5, 0.6) is 0 Å². The minimum Gasteiger partial charge on any atom is -0.294 e. The highest BCUT2D eigenvalue weighted by molar-refractivity contribution is 7.38. The number of hydrogen-bond donors (Lipinski definition) is 0. The van der Waals surface area contributed by atoms with Gasteiger partial charge in [0.1, 0.15) is 6.07 Å². The van der Waals surface area contributed by atoms with E-state index in [2.05, 4.69) is 6.07 Å². The lowest BCUT2D eigenvalue weighted by Crippen LogP contribution is -1.83. The Kier molecular flexibility index (Phi) is 1.91. The molecule has 64 valence electrons. The van der Waals surface area contributed by atoms with Gasteiger partial charge in [0.2, 0.25) is 0 Å². The first-order valence-electron chi connectivity index (χ1n) is 3.64. The molecule has 0 saturated carbocycles. The summed E-state index contributed by atoms with van der Waals surface area (Å²) in [5, 5.41) is 11.5. The average Bonchev–Trinajstić information content (AvgIpc) is 2.60. The molecule has 0 radical (unpaired) electrons. The van der Waals surface area contributed by atoms with Crippen molar-refractivity contribution in [2.24, 2.45) is 0 Å². The molecule has 2 aromatic heterocycles. The van der Waals surface area contributed by atoms with Crippen LogP contribution in [0.4, 0.5) is 0 Å². The van der Waals surface area contributed by atoms with E-state index in [1.807, 2.05) is 5.38 Å². The van der Waals surface area contributed by atoms with Crippen LogP contribution in [0.2, 0.25) is 0 Å². The normalized spacial score (nSPS) is 10.2. The van der Waals surface area contributed by atoms with Gasteiger partial charge in [0.15, 0.2) is 5.78 Å². The number of nitriles is 1. The van der Waals surface area contributed by atoms with Crippen molar-refractivity contribution < 1.29 is 4.79 Å². The molecule has 0 amide bonds. The van der Waals surface area contributed by atoms with E-state index in [1.54, 1.807) is 13.0 Å². The third-order valence-electron chi connectivity index (χ3n) is 1.74. The molecule has 0 aliphatic rings. The Balaban J connectivity index is 2.71. The molecular weight excluding hydrogens is 202 g/mol. The summed E-state index contributed by atoms with van der Waals surface area (Å²) in [6, 6.07) is 3.91. The molecule has 2 aromatic rings. The highest BCUT2D eigenvalue weighted by Gasteiger charge is 2.10. The summed E-state index contributed by atoms with van der Waals surface area (Å²) in [5.41, 5.74) is 0.670. The standard InChI is InChI=1S/C9H5NOS2/c1-5(11)8-2-7-6(3-10)4-12-9(7)13-8/h2,4H,1H3. The number of ketones is 1. The Morgan fingerprint density at radius 1 is 1.62 bits per heavy atom. The van der Waals surface area contributed by atoms with Gasteiger partial charge in [-0.2, -0.15) is 5.26 Å². The number of fused-ring (bicyclic) bond motifs is 1. The van der Waals surface area contributed by atoms with Gasteiger partial charge in [0, 0.05) is 10.8 Å². The number of nitrogens with zero attached hydrogens (tertiary/aromatic N) is 1. The topological polar surface area (TPSA) is 40.9 Å².